The smallest absolute Gasteiger partial charge is 0.330 e. The molecular formula is C13H23FO2. The van der Waals surface area contributed by atoms with E-state index in [9.17, 15) is 9.18 Å². The lowest BCUT2D eigenvalue weighted by atomic mass is 10.1. The van der Waals surface area contributed by atoms with Crippen LogP contribution in [0.5, 0.6) is 0 Å². The van der Waals surface area contributed by atoms with Crippen molar-refractivity contribution in [3.05, 3.63) is 12.2 Å². The SMILES string of the molecule is C=C(CCCCCCCCCCF)C(=O)O. The van der Waals surface area contributed by atoms with Crippen LogP contribution < -0.4 is 0 Å². The predicted molar refractivity (Wildman–Crippen MR) is 64.3 cm³/mol. The van der Waals surface area contributed by atoms with Crippen LogP contribution in [0.15, 0.2) is 12.2 Å². The van der Waals surface area contributed by atoms with Gasteiger partial charge in [-0.1, -0.05) is 45.1 Å². The summed E-state index contributed by atoms with van der Waals surface area (Å²) >= 11 is 0. The molecule has 0 amide bonds. The fraction of sp³-hybridized carbons (Fsp3) is 0.769. The van der Waals surface area contributed by atoms with Gasteiger partial charge in [0.25, 0.3) is 0 Å². The van der Waals surface area contributed by atoms with Crippen molar-refractivity contribution in [2.75, 3.05) is 6.67 Å². The lowest BCUT2D eigenvalue weighted by molar-refractivity contribution is -0.132. The molecule has 0 heterocycles. The standard InChI is InChI=1S/C13H23FO2/c1-12(13(15)16)10-8-6-4-2-3-5-7-9-11-14/h1-11H2,(H,15,16). The summed E-state index contributed by atoms with van der Waals surface area (Å²) in [6, 6.07) is 0. The largest absolute Gasteiger partial charge is 0.478 e. The number of unbranched alkanes of at least 4 members (excludes halogenated alkanes) is 7. The minimum Gasteiger partial charge on any atom is -0.478 e. The molecule has 0 saturated heterocycles. The lowest BCUT2D eigenvalue weighted by Crippen LogP contribution is -1.98. The number of aliphatic carboxylic acids is 1. The number of carbonyl (C=O) groups is 1. The van der Waals surface area contributed by atoms with Gasteiger partial charge < -0.3 is 5.11 Å². The molecule has 0 aliphatic rings. The van der Waals surface area contributed by atoms with Crippen molar-refractivity contribution in [3.8, 4) is 0 Å². The first-order valence-electron chi connectivity index (χ1n) is 6.15. The monoisotopic (exact) mass is 230 g/mol. The molecule has 0 unspecified atom stereocenters. The van der Waals surface area contributed by atoms with E-state index in [1.165, 1.54) is 12.8 Å². The zero-order valence-corrected chi connectivity index (χ0v) is 10.0. The Hall–Kier alpha value is -0.860. The number of carboxylic acids is 1. The third-order valence-electron chi connectivity index (χ3n) is 2.66. The highest BCUT2D eigenvalue weighted by Crippen LogP contribution is 2.12. The maximum absolute atomic E-state index is 11.8. The van der Waals surface area contributed by atoms with Crippen molar-refractivity contribution < 1.29 is 14.3 Å². The van der Waals surface area contributed by atoms with E-state index in [0.29, 0.717) is 18.4 Å². The maximum atomic E-state index is 11.8. The zero-order valence-electron chi connectivity index (χ0n) is 10.0. The van der Waals surface area contributed by atoms with Crippen LogP contribution in [0.3, 0.4) is 0 Å². The van der Waals surface area contributed by atoms with Gasteiger partial charge in [0.2, 0.25) is 0 Å². The number of halogens is 1. The van der Waals surface area contributed by atoms with Crippen molar-refractivity contribution in [2.45, 2.75) is 57.8 Å². The summed E-state index contributed by atoms with van der Waals surface area (Å²) < 4.78 is 11.8. The number of hydrogen-bond acceptors (Lipinski definition) is 1. The Kier molecular flexibility index (Phi) is 10.1. The van der Waals surface area contributed by atoms with Crippen molar-refractivity contribution in [3.63, 3.8) is 0 Å². The highest BCUT2D eigenvalue weighted by molar-refractivity contribution is 5.85. The van der Waals surface area contributed by atoms with Crippen LogP contribution in [-0.2, 0) is 4.79 Å². The van der Waals surface area contributed by atoms with E-state index in [-0.39, 0.29) is 6.67 Å². The van der Waals surface area contributed by atoms with Crippen molar-refractivity contribution in [1.82, 2.24) is 0 Å². The highest BCUT2D eigenvalue weighted by Gasteiger charge is 2.02. The van der Waals surface area contributed by atoms with Crippen molar-refractivity contribution in [1.29, 1.82) is 0 Å². The van der Waals surface area contributed by atoms with Gasteiger partial charge in [-0.15, -0.1) is 0 Å². The molecule has 0 saturated carbocycles. The Bertz CT molecular complexity index is 202. The molecule has 1 N–H and O–H groups in total. The average Bonchev–Trinajstić information content (AvgIpc) is 2.26. The van der Waals surface area contributed by atoms with Gasteiger partial charge in [0.1, 0.15) is 0 Å². The van der Waals surface area contributed by atoms with E-state index in [2.05, 4.69) is 6.58 Å². The van der Waals surface area contributed by atoms with Crippen molar-refractivity contribution >= 4 is 5.97 Å². The van der Waals surface area contributed by atoms with E-state index in [1.54, 1.807) is 0 Å². The van der Waals surface area contributed by atoms with Crippen LogP contribution in [0.1, 0.15) is 57.8 Å². The fourth-order valence-corrected chi connectivity index (χ4v) is 1.60. The summed E-state index contributed by atoms with van der Waals surface area (Å²) in [7, 11) is 0. The van der Waals surface area contributed by atoms with Crippen LogP contribution in [-0.4, -0.2) is 17.8 Å². The maximum Gasteiger partial charge on any atom is 0.330 e. The molecule has 0 fully saturated rings. The van der Waals surface area contributed by atoms with E-state index in [0.717, 1.165) is 32.1 Å². The molecule has 0 spiro atoms. The highest BCUT2D eigenvalue weighted by atomic mass is 19.1. The molecule has 0 aromatic carbocycles. The summed E-state index contributed by atoms with van der Waals surface area (Å²) in [5.74, 6) is -0.883. The van der Waals surface area contributed by atoms with Gasteiger partial charge in [-0.2, -0.15) is 0 Å². The first kappa shape index (κ1) is 15.1. The van der Waals surface area contributed by atoms with Gasteiger partial charge in [0.15, 0.2) is 0 Å². The number of rotatable bonds is 11. The fourth-order valence-electron chi connectivity index (χ4n) is 1.60. The average molecular weight is 230 g/mol. The van der Waals surface area contributed by atoms with Gasteiger partial charge in [-0.05, 0) is 19.3 Å². The lowest BCUT2D eigenvalue weighted by Gasteiger charge is -2.02. The Morgan fingerprint density at radius 2 is 1.38 bits per heavy atom. The molecular weight excluding hydrogens is 207 g/mol. The first-order valence-corrected chi connectivity index (χ1v) is 6.15. The summed E-state index contributed by atoms with van der Waals surface area (Å²) in [6.07, 6.45) is 8.85. The Labute approximate surface area is 97.6 Å². The Morgan fingerprint density at radius 3 is 1.81 bits per heavy atom. The molecule has 0 radical (unpaired) electrons. The van der Waals surface area contributed by atoms with E-state index in [1.807, 2.05) is 0 Å². The Morgan fingerprint density at radius 1 is 0.938 bits per heavy atom. The third kappa shape index (κ3) is 9.69. The minimum atomic E-state index is -0.883. The first-order chi connectivity index (χ1) is 7.68. The van der Waals surface area contributed by atoms with Gasteiger partial charge >= 0.3 is 5.97 Å². The summed E-state index contributed by atoms with van der Waals surface area (Å²) in [4.78, 5) is 10.4. The number of carboxylic acid groups (broad SMARTS) is 1. The van der Waals surface area contributed by atoms with Gasteiger partial charge in [-0.3, -0.25) is 4.39 Å². The second kappa shape index (κ2) is 10.7. The van der Waals surface area contributed by atoms with Crippen LogP contribution >= 0.6 is 0 Å². The number of alkyl halides is 1. The zero-order chi connectivity index (χ0) is 12.2. The molecule has 94 valence electrons. The van der Waals surface area contributed by atoms with Gasteiger partial charge in [0.05, 0.1) is 6.67 Å². The molecule has 0 aromatic rings. The van der Waals surface area contributed by atoms with Gasteiger partial charge in [0, 0.05) is 5.57 Å². The molecule has 0 atom stereocenters. The van der Waals surface area contributed by atoms with Crippen LogP contribution in [0, 0.1) is 0 Å². The molecule has 0 rings (SSSR count). The molecule has 0 aliphatic heterocycles. The van der Waals surface area contributed by atoms with Crippen LogP contribution in [0.25, 0.3) is 0 Å². The van der Waals surface area contributed by atoms with Crippen molar-refractivity contribution in [2.24, 2.45) is 0 Å². The van der Waals surface area contributed by atoms with Gasteiger partial charge in [-0.25, -0.2) is 4.79 Å². The molecule has 3 heteroatoms. The summed E-state index contributed by atoms with van der Waals surface area (Å²) in [6.45, 7) is 3.29. The van der Waals surface area contributed by atoms with Crippen LogP contribution in [0.4, 0.5) is 4.39 Å². The third-order valence-corrected chi connectivity index (χ3v) is 2.66. The summed E-state index contributed by atoms with van der Waals surface area (Å²) in [5.41, 5.74) is 0.308. The molecule has 0 bridgehead atoms. The van der Waals surface area contributed by atoms with Crippen LogP contribution in [0.2, 0.25) is 0 Å². The minimum absolute atomic E-state index is 0.197. The Balaban J connectivity index is 3.10. The van der Waals surface area contributed by atoms with E-state index < -0.39 is 5.97 Å². The normalized spacial score (nSPS) is 10.3. The van der Waals surface area contributed by atoms with E-state index in [4.69, 9.17) is 5.11 Å². The molecule has 0 aliphatic carbocycles. The second-order valence-corrected chi connectivity index (χ2v) is 4.18. The number of hydrogen-bond donors (Lipinski definition) is 1. The second-order valence-electron chi connectivity index (χ2n) is 4.18. The molecule has 16 heavy (non-hydrogen) atoms. The molecule has 0 aromatic heterocycles. The predicted octanol–water partition coefficient (Wildman–Crippen LogP) is 4.11. The quantitative estimate of drug-likeness (QED) is 0.428. The topological polar surface area (TPSA) is 37.3 Å². The summed E-state index contributed by atoms with van der Waals surface area (Å²) in [5, 5.41) is 8.58. The van der Waals surface area contributed by atoms with E-state index >= 15 is 0 Å². The molecule has 2 nitrogen and oxygen atoms in total.